The average Bonchev–Trinajstić information content (AvgIpc) is 3.37. The molecule has 0 aliphatic carbocycles. The minimum absolute atomic E-state index is 0.233. The van der Waals surface area contributed by atoms with E-state index in [-0.39, 0.29) is 12.2 Å². The summed E-state index contributed by atoms with van der Waals surface area (Å²) in [7, 11) is 0. The number of alkyl halides is 2. The van der Waals surface area contributed by atoms with E-state index in [1.165, 1.54) is 25.2 Å². The monoisotopic (exact) mass is 450 g/mol. The Kier molecular flexibility index (Phi) is 5.20. The average molecular weight is 451 g/mol. The number of aliphatic hydroxyl groups is 1. The Labute approximate surface area is 182 Å². The fourth-order valence-corrected chi connectivity index (χ4v) is 4.83. The van der Waals surface area contributed by atoms with Crippen molar-refractivity contribution in [1.29, 1.82) is 0 Å². The summed E-state index contributed by atoms with van der Waals surface area (Å²) in [4.78, 5) is 11.0. The number of benzene rings is 1. The smallest absolute Gasteiger partial charge is 0.298 e. The van der Waals surface area contributed by atoms with Gasteiger partial charge in [0.15, 0.2) is 5.58 Å². The molecule has 1 aromatic carbocycles. The molecule has 10 heteroatoms. The summed E-state index contributed by atoms with van der Waals surface area (Å²) in [6.45, 7) is 4.32. The van der Waals surface area contributed by atoms with E-state index in [1.54, 1.807) is 18.3 Å². The summed E-state index contributed by atoms with van der Waals surface area (Å²) in [5.74, 6) is 0. The fraction of sp³-hybridized carbons (Fsp3) is 0.524. The van der Waals surface area contributed by atoms with Gasteiger partial charge in [0.1, 0.15) is 16.6 Å². The van der Waals surface area contributed by atoms with Crippen molar-refractivity contribution in [3.8, 4) is 10.6 Å². The van der Waals surface area contributed by atoms with Crippen molar-refractivity contribution in [3.05, 3.63) is 29.3 Å². The molecule has 3 atom stereocenters. The zero-order valence-electron chi connectivity index (χ0n) is 17.2. The highest BCUT2D eigenvalue weighted by molar-refractivity contribution is 7.13. The zero-order chi connectivity index (χ0) is 21.8. The van der Waals surface area contributed by atoms with Crippen LogP contribution in [0.15, 0.2) is 28.1 Å². The van der Waals surface area contributed by atoms with E-state index in [4.69, 9.17) is 9.15 Å². The first kappa shape index (κ1) is 20.7. The summed E-state index contributed by atoms with van der Waals surface area (Å²) < 4.78 is 39.6. The number of piperazine rings is 1. The van der Waals surface area contributed by atoms with Gasteiger partial charge in [-0.25, -0.2) is 13.8 Å². The van der Waals surface area contributed by atoms with Crippen LogP contribution >= 0.6 is 11.3 Å². The van der Waals surface area contributed by atoms with Gasteiger partial charge in [-0.15, -0.1) is 11.3 Å². The summed E-state index contributed by atoms with van der Waals surface area (Å²) in [6.07, 6.45) is -1.50. The Morgan fingerprint density at radius 2 is 2.10 bits per heavy atom. The lowest BCUT2D eigenvalue weighted by molar-refractivity contribution is -0.104. The molecule has 2 bridgehead atoms. The van der Waals surface area contributed by atoms with E-state index in [9.17, 15) is 13.9 Å². The number of hydrogen-bond donors (Lipinski definition) is 2. The van der Waals surface area contributed by atoms with Gasteiger partial charge in [0.2, 0.25) is 0 Å². The van der Waals surface area contributed by atoms with Crippen LogP contribution < -0.4 is 10.2 Å². The molecule has 0 amide bonds. The molecule has 2 N–H and O–H groups in total. The zero-order valence-corrected chi connectivity index (χ0v) is 18.0. The molecule has 3 aromatic rings. The Morgan fingerprint density at radius 3 is 2.71 bits per heavy atom. The molecule has 166 valence electrons. The number of thiazole rings is 1. The molecule has 31 heavy (non-hydrogen) atoms. The third kappa shape index (κ3) is 4.05. The van der Waals surface area contributed by atoms with Gasteiger partial charge < -0.3 is 24.5 Å². The van der Waals surface area contributed by atoms with Crippen LogP contribution in [-0.4, -0.2) is 58.9 Å². The van der Waals surface area contributed by atoms with Crippen molar-refractivity contribution in [2.24, 2.45) is 0 Å². The van der Waals surface area contributed by atoms with Gasteiger partial charge in [-0.3, -0.25) is 0 Å². The largest absolute Gasteiger partial charge is 0.423 e. The number of hydrogen-bond acceptors (Lipinski definition) is 8. The van der Waals surface area contributed by atoms with Gasteiger partial charge in [0.25, 0.3) is 12.4 Å². The lowest BCUT2D eigenvalue weighted by Crippen LogP contribution is -2.67. The molecule has 3 unspecified atom stereocenters. The molecule has 0 spiro atoms. The van der Waals surface area contributed by atoms with Crippen LogP contribution in [0.5, 0.6) is 0 Å². The normalized spacial score (nSPS) is 22.2. The van der Waals surface area contributed by atoms with Crippen LogP contribution in [-0.2, 0) is 4.74 Å². The molecule has 3 aliphatic heterocycles. The highest BCUT2D eigenvalue weighted by atomic mass is 32.1. The molecule has 3 saturated heterocycles. The van der Waals surface area contributed by atoms with E-state index in [1.807, 2.05) is 5.38 Å². The molecule has 6 rings (SSSR count). The van der Waals surface area contributed by atoms with Crippen LogP contribution in [0.2, 0.25) is 0 Å². The number of anilines is 1. The number of oxazole rings is 1. The quantitative estimate of drug-likeness (QED) is 0.569. The van der Waals surface area contributed by atoms with Gasteiger partial charge in [-0.2, -0.15) is 4.98 Å². The first-order valence-electron chi connectivity index (χ1n) is 10.2. The van der Waals surface area contributed by atoms with Crippen molar-refractivity contribution in [3.63, 3.8) is 0 Å². The first-order chi connectivity index (χ1) is 14.8. The van der Waals surface area contributed by atoms with Crippen LogP contribution in [0.4, 0.5) is 14.8 Å². The van der Waals surface area contributed by atoms with Crippen LogP contribution in [0, 0.1) is 0 Å². The molecule has 3 fully saturated rings. The minimum atomic E-state index is -2.79. The highest BCUT2D eigenvalue weighted by Crippen LogP contribution is 2.40. The van der Waals surface area contributed by atoms with E-state index in [2.05, 4.69) is 20.2 Å². The van der Waals surface area contributed by atoms with Crippen molar-refractivity contribution >= 4 is 28.5 Å². The van der Waals surface area contributed by atoms with E-state index in [0.717, 1.165) is 24.5 Å². The minimum Gasteiger partial charge on any atom is -0.423 e. The second-order valence-electron chi connectivity index (χ2n) is 8.79. The first-order valence-corrected chi connectivity index (χ1v) is 11.1. The van der Waals surface area contributed by atoms with Gasteiger partial charge in [-0.1, -0.05) is 6.07 Å². The predicted octanol–water partition coefficient (Wildman–Crippen LogP) is 3.60. The number of nitrogens with zero attached hydrogens (tertiary/aromatic N) is 3. The van der Waals surface area contributed by atoms with Crippen LogP contribution in [0.25, 0.3) is 21.7 Å². The second-order valence-corrected chi connectivity index (χ2v) is 9.69. The number of rotatable bonds is 7. The lowest BCUT2D eigenvalue weighted by atomic mass is 9.92. The van der Waals surface area contributed by atoms with Crippen molar-refractivity contribution in [2.75, 3.05) is 24.6 Å². The number of aromatic nitrogens is 2. The predicted molar refractivity (Wildman–Crippen MR) is 114 cm³/mol. The van der Waals surface area contributed by atoms with E-state index < -0.39 is 18.1 Å². The summed E-state index contributed by atoms with van der Waals surface area (Å²) in [6, 6.07) is 4.55. The fourth-order valence-electron chi connectivity index (χ4n) is 4.17. The number of piperidine rings is 1. The molecular weight excluding hydrogens is 426 g/mol. The van der Waals surface area contributed by atoms with Crippen LogP contribution in [0.1, 0.15) is 31.9 Å². The summed E-state index contributed by atoms with van der Waals surface area (Å²) in [5.41, 5.74) is 0.487. The van der Waals surface area contributed by atoms with E-state index >= 15 is 0 Å². The molecular formula is C21H24F2N4O3S. The summed E-state index contributed by atoms with van der Waals surface area (Å²) >= 11 is 1.44. The number of nitrogens with one attached hydrogen (secondary N) is 1. The standard InChI is InChI=1S/C21H24F2N4O3S/c1-21(2,28)10-29-17(18(22)23)13-3-4-14(19-24-5-6-31-19)16-15(13)26-20(30-16)27-8-11-7-12(9-27)25-11/h3-6,11-12,17-18,25,28H,7-10H2,1-2H3. The van der Waals surface area contributed by atoms with Crippen molar-refractivity contribution in [2.45, 2.75) is 50.5 Å². The van der Waals surface area contributed by atoms with Gasteiger partial charge >= 0.3 is 0 Å². The Balaban J connectivity index is 1.58. The lowest BCUT2D eigenvalue weighted by Gasteiger charge is -2.47. The molecule has 0 saturated carbocycles. The van der Waals surface area contributed by atoms with Crippen molar-refractivity contribution < 1.29 is 23.0 Å². The SMILES string of the molecule is CC(C)(O)COC(c1ccc(-c2nccs2)c2oc(N3CC4CC(C3)N4)nc12)C(F)F. The van der Waals surface area contributed by atoms with Crippen LogP contribution in [0.3, 0.4) is 0 Å². The van der Waals surface area contributed by atoms with E-state index in [0.29, 0.717) is 34.8 Å². The number of halogens is 2. The Morgan fingerprint density at radius 1 is 1.35 bits per heavy atom. The third-order valence-electron chi connectivity index (χ3n) is 5.57. The molecule has 5 heterocycles. The molecule has 7 nitrogen and oxygen atoms in total. The number of fused-ring (bicyclic) bond motifs is 3. The summed E-state index contributed by atoms with van der Waals surface area (Å²) in [5, 5.41) is 16.0. The maximum absolute atomic E-state index is 14.0. The van der Waals surface area contributed by atoms with Gasteiger partial charge in [0, 0.05) is 42.3 Å². The Hall–Kier alpha value is -2.14. The van der Waals surface area contributed by atoms with Gasteiger partial charge in [-0.05, 0) is 26.3 Å². The topological polar surface area (TPSA) is 83.7 Å². The third-order valence-corrected chi connectivity index (χ3v) is 6.38. The Bertz CT molecular complexity index is 1050. The molecule has 3 aliphatic rings. The highest BCUT2D eigenvalue weighted by Gasteiger charge is 2.39. The second kappa shape index (κ2) is 7.77. The molecule has 2 aromatic heterocycles. The maximum Gasteiger partial charge on any atom is 0.298 e. The maximum atomic E-state index is 14.0. The molecule has 0 radical (unpaired) electrons. The number of ether oxygens (including phenoxy) is 1. The van der Waals surface area contributed by atoms with Crippen molar-refractivity contribution in [1.82, 2.24) is 15.3 Å². The van der Waals surface area contributed by atoms with Gasteiger partial charge in [0.05, 0.1) is 17.8 Å².